The zero-order valence-corrected chi connectivity index (χ0v) is 14.8. The summed E-state index contributed by atoms with van der Waals surface area (Å²) in [4.78, 5) is 17.7. The molecule has 2 aromatic carbocycles. The van der Waals surface area contributed by atoms with Crippen LogP contribution in [0.1, 0.15) is 29.3 Å². The number of carbonyl (C=O) groups is 1. The van der Waals surface area contributed by atoms with Gasteiger partial charge in [-0.2, -0.15) is 0 Å². The molecule has 2 atom stereocenters. The zero-order chi connectivity index (χ0) is 18.4. The molecule has 0 unspecified atom stereocenters. The van der Waals surface area contributed by atoms with Crippen LogP contribution in [0.15, 0.2) is 65.8 Å². The Balaban J connectivity index is 1.75. The topological polar surface area (TPSA) is 78.3 Å². The predicted molar refractivity (Wildman–Crippen MR) is 99.5 cm³/mol. The molecule has 0 N–H and O–H groups in total. The first-order valence-corrected chi connectivity index (χ1v) is 8.69. The van der Waals surface area contributed by atoms with Crippen molar-refractivity contribution < 1.29 is 9.53 Å². The molecule has 0 radical (unpaired) electrons. The minimum Gasteiger partial charge on any atom is -0.457 e. The molecular formula is C20H22N4O2. The summed E-state index contributed by atoms with van der Waals surface area (Å²) in [5.41, 5.74) is 9.91. The third-order valence-corrected chi connectivity index (χ3v) is 4.83. The lowest BCUT2D eigenvalue weighted by molar-refractivity contribution is -0.0254. The summed E-state index contributed by atoms with van der Waals surface area (Å²) in [6, 6.07) is 19.0. The Labute approximate surface area is 153 Å². The van der Waals surface area contributed by atoms with Crippen LogP contribution < -0.4 is 0 Å². The highest BCUT2D eigenvalue weighted by molar-refractivity contribution is 5.89. The van der Waals surface area contributed by atoms with E-state index in [2.05, 4.69) is 27.1 Å². The quantitative estimate of drug-likeness (QED) is 0.351. The Morgan fingerprint density at radius 3 is 2.54 bits per heavy atom. The molecule has 2 aromatic rings. The van der Waals surface area contributed by atoms with Crippen molar-refractivity contribution in [3.8, 4) is 0 Å². The largest absolute Gasteiger partial charge is 0.457 e. The van der Waals surface area contributed by atoms with Crippen LogP contribution in [0, 0.1) is 0 Å². The van der Waals surface area contributed by atoms with E-state index in [4.69, 9.17) is 10.3 Å². The van der Waals surface area contributed by atoms with Crippen molar-refractivity contribution in [2.75, 3.05) is 13.1 Å². The van der Waals surface area contributed by atoms with Gasteiger partial charge in [-0.05, 0) is 36.2 Å². The molecule has 1 aliphatic heterocycles. The number of benzene rings is 2. The van der Waals surface area contributed by atoms with Gasteiger partial charge in [0.1, 0.15) is 6.10 Å². The molecule has 6 nitrogen and oxygen atoms in total. The van der Waals surface area contributed by atoms with Crippen LogP contribution >= 0.6 is 0 Å². The molecule has 3 rings (SSSR count). The highest BCUT2D eigenvalue weighted by atomic mass is 16.5. The molecular weight excluding hydrogens is 328 g/mol. The fourth-order valence-electron chi connectivity index (χ4n) is 3.21. The van der Waals surface area contributed by atoms with E-state index in [1.165, 1.54) is 5.56 Å². The normalized spacial score (nSPS) is 23.0. The van der Waals surface area contributed by atoms with E-state index < -0.39 is 17.6 Å². The molecule has 1 aliphatic rings. The second-order valence-corrected chi connectivity index (χ2v) is 6.78. The average molecular weight is 350 g/mol. The number of hydrogen-bond donors (Lipinski definition) is 0. The van der Waals surface area contributed by atoms with Gasteiger partial charge in [0.05, 0.1) is 11.1 Å². The van der Waals surface area contributed by atoms with Gasteiger partial charge in [-0.3, -0.25) is 4.90 Å². The second-order valence-electron chi connectivity index (χ2n) is 6.78. The molecule has 1 fully saturated rings. The summed E-state index contributed by atoms with van der Waals surface area (Å²) in [7, 11) is 0. The van der Waals surface area contributed by atoms with Gasteiger partial charge in [0, 0.05) is 18.0 Å². The molecule has 26 heavy (non-hydrogen) atoms. The smallest absolute Gasteiger partial charge is 0.338 e. The van der Waals surface area contributed by atoms with Gasteiger partial charge in [0.2, 0.25) is 0 Å². The number of piperidine rings is 1. The number of hydrogen-bond acceptors (Lipinski definition) is 4. The predicted octanol–water partition coefficient (Wildman–Crippen LogP) is 4.19. The first-order chi connectivity index (χ1) is 12.6. The van der Waals surface area contributed by atoms with Gasteiger partial charge >= 0.3 is 5.97 Å². The average Bonchev–Trinajstić information content (AvgIpc) is 2.66. The molecule has 0 bridgehead atoms. The number of azide groups is 1. The van der Waals surface area contributed by atoms with Crippen molar-refractivity contribution in [1.29, 1.82) is 0 Å². The summed E-state index contributed by atoms with van der Waals surface area (Å²) in [5.74, 6) is -0.392. The summed E-state index contributed by atoms with van der Waals surface area (Å²) in [6.07, 6.45) is 0.139. The van der Waals surface area contributed by atoms with E-state index in [0.717, 1.165) is 13.1 Å². The minimum atomic E-state index is -0.744. The molecule has 134 valence electrons. The second kappa shape index (κ2) is 8.04. The summed E-state index contributed by atoms with van der Waals surface area (Å²) >= 11 is 0. The minimum absolute atomic E-state index is 0.392. The molecule has 0 aromatic heterocycles. The fourth-order valence-corrected chi connectivity index (χ4v) is 3.21. The lowest BCUT2D eigenvalue weighted by Crippen LogP contribution is -2.54. The van der Waals surface area contributed by atoms with Crippen LogP contribution in [0.4, 0.5) is 0 Å². The molecule has 1 saturated heterocycles. The van der Waals surface area contributed by atoms with Crippen LogP contribution in [-0.2, 0) is 11.3 Å². The van der Waals surface area contributed by atoms with Crippen molar-refractivity contribution in [2.45, 2.75) is 31.5 Å². The van der Waals surface area contributed by atoms with E-state index in [1.807, 2.05) is 31.2 Å². The van der Waals surface area contributed by atoms with Crippen molar-refractivity contribution in [1.82, 2.24) is 4.90 Å². The highest BCUT2D eigenvalue weighted by Crippen LogP contribution is 2.30. The van der Waals surface area contributed by atoms with Crippen LogP contribution in [0.2, 0.25) is 0 Å². The molecule has 1 heterocycles. The van der Waals surface area contributed by atoms with Gasteiger partial charge in [-0.25, -0.2) is 4.79 Å². The Hall–Kier alpha value is -2.82. The molecule has 0 spiro atoms. The van der Waals surface area contributed by atoms with E-state index in [1.54, 1.807) is 24.3 Å². The summed E-state index contributed by atoms with van der Waals surface area (Å²) in [5, 5.41) is 3.96. The molecule has 0 amide bonds. The van der Waals surface area contributed by atoms with Crippen LogP contribution in [-0.4, -0.2) is 35.6 Å². The van der Waals surface area contributed by atoms with E-state index >= 15 is 0 Å². The van der Waals surface area contributed by atoms with Gasteiger partial charge in [0.15, 0.2) is 0 Å². The third kappa shape index (κ3) is 4.23. The number of nitrogens with zero attached hydrogens (tertiary/aromatic N) is 4. The maximum Gasteiger partial charge on any atom is 0.338 e. The van der Waals surface area contributed by atoms with E-state index in [0.29, 0.717) is 18.5 Å². The zero-order valence-electron chi connectivity index (χ0n) is 14.8. The van der Waals surface area contributed by atoms with Crippen molar-refractivity contribution in [3.05, 3.63) is 82.2 Å². The monoisotopic (exact) mass is 350 g/mol. The summed E-state index contributed by atoms with van der Waals surface area (Å²) in [6.45, 7) is 3.94. The van der Waals surface area contributed by atoms with Gasteiger partial charge < -0.3 is 4.74 Å². The number of carbonyl (C=O) groups excluding carboxylic acids is 1. The molecule has 6 heteroatoms. The number of ether oxygens (including phenoxy) is 1. The first kappa shape index (κ1) is 18.0. The maximum absolute atomic E-state index is 12.5. The Bertz CT molecular complexity index is 790. The van der Waals surface area contributed by atoms with E-state index in [9.17, 15) is 4.79 Å². The van der Waals surface area contributed by atoms with Crippen LogP contribution in [0.5, 0.6) is 0 Å². The van der Waals surface area contributed by atoms with Crippen molar-refractivity contribution in [2.24, 2.45) is 5.11 Å². The Morgan fingerprint density at radius 2 is 1.88 bits per heavy atom. The number of likely N-dealkylation sites (tertiary alicyclic amines) is 1. The van der Waals surface area contributed by atoms with Crippen LogP contribution in [0.3, 0.4) is 0 Å². The van der Waals surface area contributed by atoms with Gasteiger partial charge in [0.25, 0.3) is 0 Å². The maximum atomic E-state index is 12.5. The van der Waals surface area contributed by atoms with Crippen LogP contribution in [0.25, 0.3) is 10.4 Å². The Kier molecular flexibility index (Phi) is 5.56. The Morgan fingerprint density at radius 1 is 1.23 bits per heavy atom. The summed E-state index contributed by atoms with van der Waals surface area (Å²) < 4.78 is 5.77. The van der Waals surface area contributed by atoms with Gasteiger partial charge in [-0.1, -0.05) is 60.6 Å². The first-order valence-electron chi connectivity index (χ1n) is 8.69. The number of esters is 1. The lowest BCUT2D eigenvalue weighted by Gasteiger charge is -2.42. The third-order valence-electron chi connectivity index (χ3n) is 4.83. The standard InChI is InChI=1S/C20H22N4O2/c1-20(22-23-21)12-13-24(14-16-8-4-2-5-9-16)15-18(20)26-19(25)17-10-6-3-7-11-17/h2-11,18H,12-15H2,1H3/t18-,20+/m0/s1. The molecule has 0 aliphatic carbocycles. The fraction of sp³-hybridized carbons (Fsp3) is 0.350. The molecule has 0 saturated carbocycles. The SMILES string of the molecule is C[C@@]1(N=[N+]=[N-])CCN(Cc2ccccc2)C[C@@H]1OC(=O)c1ccccc1. The highest BCUT2D eigenvalue weighted by Gasteiger charge is 2.41. The van der Waals surface area contributed by atoms with Gasteiger partial charge in [-0.15, -0.1) is 0 Å². The van der Waals surface area contributed by atoms with Crippen molar-refractivity contribution >= 4 is 5.97 Å². The van der Waals surface area contributed by atoms with E-state index in [-0.39, 0.29) is 0 Å². The van der Waals surface area contributed by atoms with Crippen molar-refractivity contribution in [3.63, 3.8) is 0 Å². The number of rotatable bonds is 5. The lowest BCUT2D eigenvalue weighted by atomic mass is 9.87.